The number of anilines is 5. The lowest BCUT2D eigenvalue weighted by Crippen LogP contribution is -2.15. The Kier molecular flexibility index (Phi) is 9.23. The highest BCUT2D eigenvalue weighted by Gasteiger charge is 2.44. The quantitative estimate of drug-likeness (QED) is 0.117. The molecule has 0 aliphatic heterocycles. The predicted octanol–water partition coefficient (Wildman–Crippen LogP) is 6.46. The van der Waals surface area contributed by atoms with Gasteiger partial charge in [0.2, 0.25) is 11.8 Å². The van der Waals surface area contributed by atoms with Crippen LogP contribution >= 0.6 is 0 Å². The van der Waals surface area contributed by atoms with Gasteiger partial charge < -0.3 is 27.8 Å². The fourth-order valence-electron chi connectivity index (χ4n) is 6.47. The molecule has 2 aliphatic rings. The van der Waals surface area contributed by atoms with Crippen LogP contribution in [0.25, 0.3) is 43.8 Å². The maximum atomic E-state index is 12.2. The van der Waals surface area contributed by atoms with Gasteiger partial charge in [0.25, 0.3) is 0 Å². The maximum Gasteiger partial charge on any atom is 0.230 e. The molecule has 2 aromatic carbocycles. The standard InChI is InChI=1S/C21H19N5O.C20H18N6O/c1-11-8-24-9-17(12(11)2)13-3-14-6-20(25-10-18(14)19(23)5-13)26-21(27)16-4-15(16)7-22;1-10-15(7-24-9-18(10)23)11-2-12-5-19(25-8-16(12)17(22)4-11)26-20(27)14-3-13(14)6-21/h3,5-6,8-10,15-16H,4,23H2,1-2H3,(H,25,26,27);2,4-5,7-9,13-14H,3,22-23H2,1H3,(H,25,26,27)/t15-,16+;13-,14+/m10/s1. The van der Waals surface area contributed by atoms with Gasteiger partial charge in [0.1, 0.15) is 11.6 Å². The fraction of sp³-hybridized carbons (Fsp3) is 0.220. The maximum absolute atomic E-state index is 12.2. The van der Waals surface area contributed by atoms with E-state index in [0.717, 1.165) is 60.5 Å². The minimum atomic E-state index is -0.245. The van der Waals surface area contributed by atoms with Crippen molar-refractivity contribution >= 4 is 62.1 Å². The molecule has 0 spiro atoms. The van der Waals surface area contributed by atoms with Gasteiger partial charge in [-0.05, 0) is 109 Å². The van der Waals surface area contributed by atoms with Gasteiger partial charge >= 0.3 is 0 Å². The SMILES string of the molecule is Cc1c(N)cncc1-c1cc(N)c2cnc(NC(=O)[C@@H]3C[C@H]3C#N)cc2c1.Cc1cncc(-c2cc(N)c3cnc(NC(=O)[C@H]4C[C@@H]4C#N)cc3c2)c1C. The molecule has 6 aromatic rings. The van der Waals surface area contributed by atoms with Crippen LogP contribution in [0, 0.1) is 67.1 Å². The third-order valence-electron chi connectivity index (χ3n) is 10.2. The third kappa shape index (κ3) is 7.03. The zero-order valence-corrected chi connectivity index (χ0v) is 29.9. The first-order chi connectivity index (χ1) is 25.9. The van der Waals surface area contributed by atoms with Gasteiger partial charge in [0, 0.05) is 64.3 Å². The smallest absolute Gasteiger partial charge is 0.230 e. The third-order valence-corrected chi connectivity index (χ3v) is 10.2. The summed E-state index contributed by atoms with van der Waals surface area (Å²) in [5, 5.41) is 26.7. The first-order valence-corrected chi connectivity index (χ1v) is 17.4. The van der Waals surface area contributed by atoms with Crippen molar-refractivity contribution < 1.29 is 9.59 Å². The summed E-state index contributed by atoms with van der Waals surface area (Å²) in [6, 6.07) is 15.6. The molecule has 2 saturated carbocycles. The van der Waals surface area contributed by atoms with E-state index in [1.54, 1.807) is 30.9 Å². The van der Waals surface area contributed by atoms with E-state index in [-0.39, 0.29) is 35.5 Å². The van der Waals surface area contributed by atoms with E-state index in [2.05, 4.69) is 49.6 Å². The average Bonchev–Trinajstić information content (AvgIpc) is 4.09. The summed E-state index contributed by atoms with van der Waals surface area (Å²) < 4.78 is 0. The van der Waals surface area contributed by atoms with Crippen molar-refractivity contribution in [2.45, 2.75) is 33.6 Å². The molecular formula is C41H37N11O2. The number of rotatable bonds is 6. The second kappa shape index (κ2) is 14.1. The van der Waals surface area contributed by atoms with Crippen LogP contribution in [0.2, 0.25) is 0 Å². The van der Waals surface area contributed by atoms with Gasteiger partial charge in [-0.1, -0.05) is 0 Å². The molecule has 4 aromatic heterocycles. The average molecular weight is 716 g/mol. The van der Waals surface area contributed by atoms with Gasteiger partial charge in [0.15, 0.2) is 0 Å². The largest absolute Gasteiger partial charge is 0.398 e. The van der Waals surface area contributed by atoms with Gasteiger partial charge in [-0.3, -0.25) is 19.6 Å². The number of aryl methyl sites for hydroxylation is 1. The Bertz CT molecular complexity index is 2410. The Balaban J connectivity index is 0.000000167. The number of nitrogens with one attached hydrogen (secondary N) is 2. The monoisotopic (exact) mass is 715 g/mol. The van der Waals surface area contributed by atoms with Crippen molar-refractivity contribution in [1.82, 2.24) is 19.9 Å². The summed E-state index contributed by atoms with van der Waals surface area (Å²) in [5.41, 5.74) is 27.3. The van der Waals surface area contributed by atoms with E-state index in [9.17, 15) is 9.59 Å². The van der Waals surface area contributed by atoms with E-state index < -0.39 is 0 Å². The molecule has 4 atom stereocenters. The first-order valence-electron chi connectivity index (χ1n) is 17.4. The van der Waals surface area contributed by atoms with Crippen LogP contribution in [0.5, 0.6) is 0 Å². The summed E-state index contributed by atoms with van der Waals surface area (Å²) in [5.74, 6) is -0.266. The van der Waals surface area contributed by atoms with Crippen LogP contribution in [0.4, 0.5) is 28.7 Å². The van der Waals surface area contributed by atoms with Crippen molar-refractivity contribution in [3.8, 4) is 34.4 Å². The molecule has 8 rings (SSSR count). The molecule has 13 heteroatoms. The van der Waals surface area contributed by atoms with Crippen LogP contribution < -0.4 is 27.8 Å². The number of nitrogens with two attached hydrogens (primary N) is 3. The molecule has 2 fully saturated rings. The minimum absolute atomic E-state index is 0.156. The molecule has 0 unspecified atom stereocenters. The fourth-order valence-corrected chi connectivity index (χ4v) is 6.47. The van der Waals surface area contributed by atoms with Gasteiger partial charge in [-0.15, -0.1) is 0 Å². The molecular weight excluding hydrogens is 679 g/mol. The molecule has 0 saturated heterocycles. The number of aromatic nitrogens is 4. The second-order valence-electron chi connectivity index (χ2n) is 13.9. The number of hydrogen-bond donors (Lipinski definition) is 5. The van der Waals surface area contributed by atoms with E-state index in [0.29, 0.717) is 41.5 Å². The Hall–Kier alpha value is -7.12. The van der Waals surface area contributed by atoms with E-state index in [1.807, 2.05) is 56.6 Å². The van der Waals surface area contributed by atoms with Crippen LogP contribution in [0.1, 0.15) is 29.5 Å². The first kappa shape index (κ1) is 35.3. The number of fused-ring (bicyclic) bond motifs is 2. The Morgan fingerprint density at radius 2 is 1.09 bits per heavy atom. The number of nitriles is 2. The van der Waals surface area contributed by atoms with Crippen LogP contribution in [0.15, 0.2) is 73.6 Å². The highest BCUT2D eigenvalue weighted by Crippen LogP contribution is 2.40. The summed E-state index contributed by atoms with van der Waals surface area (Å²) >= 11 is 0. The molecule has 0 radical (unpaired) electrons. The summed E-state index contributed by atoms with van der Waals surface area (Å²) in [6.45, 7) is 6.03. The number of pyridine rings is 4. The Morgan fingerprint density at radius 3 is 1.56 bits per heavy atom. The van der Waals surface area contributed by atoms with Gasteiger partial charge in [0.05, 0.1) is 47.7 Å². The van der Waals surface area contributed by atoms with Crippen molar-refractivity contribution in [1.29, 1.82) is 10.5 Å². The number of nitrogen functional groups attached to an aromatic ring is 3. The van der Waals surface area contributed by atoms with Crippen molar-refractivity contribution in [2.75, 3.05) is 27.8 Å². The molecule has 2 amide bonds. The van der Waals surface area contributed by atoms with E-state index >= 15 is 0 Å². The van der Waals surface area contributed by atoms with Crippen molar-refractivity contribution in [3.05, 3.63) is 90.3 Å². The van der Waals surface area contributed by atoms with Gasteiger partial charge in [-0.25, -0.2) is 9.97 Å². The summed E-state index contributed by atoms with van der Waals surface area (Å²) in [4.78, 5) is 41.4. The number of carbonyl (C=O) groups is 2. The summed E-state index contributed by atoms with van der Waals surface area (Å²) in [6.07, 6.45) is 11.6. The molecule has 8 N–H and O–H groups in total. The van der Waals surface area contributed by atoms with E-state index in [1.165, 1.54) is 0 Å². The number of carbonyl (C=O) groups excluding carboxylic acids is 2. The summed E-state index contributed by atoms with van der Waals surface area (Å²) in [7, 11) is 0. The van der Waals surface area contributed by atoms with Gasteiger partial charge in [-0.2, -0.15) is 10.5 Å². The van der Waals surface area contributed by atoms with Crippen LogP contribution in [-0.2, 0) is 9.59 Å². The van der Waals surface area contributed by atoms with E-state index in [4.69, 9.17) is 27.7 Å². The number of nitrogens with zero attached hydrogens (tertiary/aromatic N) is 6. The molecule has 54 heavy (non-hydrogen) atoms. The zero-order valence-electron chi connectivity index (χ0n) is 29.9. The minimum Gasteiger partial charge on any atom is -0.398 e. The lowest BCUT2D eigenvalue weighted by Gasteiger charge is -2.12. The number of amides is 2. The molecule has 268 valence electrons. The Morgan fingerprint density at radius 1 is 0.630 bits per heavy atom. The number of benzene rings is 2. The molecule has 2 aliphatic carbocycles. The number of hydrogen-bond acceptors (Lipinski definition) is 11. The lowest BCUT2D eigenvalue weighted by atomic mass is 9.97. The topological polar surface area (TPSA) is 235 Å². The Labute approximate surface area is 311 Å². The van der Waals surface area contributed by atoms with Crippen molar-refractivity contribution in [2.24, 2.45) is 23.7 Å². The molecule has 13 nitrogen and oxygen atoms in total. The highest BCUT2D eigenvalue weighted by molar-refractivity contribution is 6.02. The molecule has 0 bridgehead atoms. The van der Waals surface area contributed by atoms with Crippen molar-refractivity contribution in [3.63, 3.8) is 0 Å². The second-order valence-corrected chi connectivity index (χ2v) is 13.9. The highest BCUT2D eigenvalue weighted by atomic mass is 16.2. The van der Waals surface area contributed by atoms with Crippen LogP contribution in [0.3, 0.4) is 0 Å². The normalized spacial score (nSPS) is 18.1. The van der Waals surface area contributed by atoms with Crippen LogP contribution in [-0.4, -0.2) is 31.8 Å². The lowest BCUT2D eigenvalue weighted by molar-refractivity contribution is -0.118. The zero-order chi connectivity index (χ0) is 38.3. The predicted molar refractivity (Wildman–Crippen MR) is 209 cm³/mol. The molecule has 4 heterocycles.